The summed E-state index contributed by atoms with van der Waals surface area (Å²) >= 11 is 0. The van der Waals surface area contributed by atoms with Gasteiger partial charge in [0, 0.05) is 6.61 Å². The molecule has 2 atom stereocenters. The van der Waals surface area contributed by atoms with E-state index in [1.165, 1.54) is 0 Å². The Morgan fingerprint density at radius 3 is 2.76 bits per heavy atom. The van der Waals surface area contributed by atoms with Gasteiger partial charge >= 0.3 is 0 Å². The van der Waals surface area contributed by atoms with E-state index in [-0.39, 0.29) is 12.1 Å². The molecule has 1 rings (SSSR count). The molecular formula is C11H23N5O. The van der Waals surface area contributed by atoms with Crippen LogP contribution in [0, 0.1) is 0 Å². The van der Waals surface area contributed by atoms with Crippen LogP contribution in [0.2, 0.25) is 0 Å². The van der Waals surface area contributed by atoms with Gasteiger partial charge in [-0.3, -0.25) is 0 Å². The second kappa shape index (κ2) is 7.34. The number of ether oxygens (including phenoxy) is 1. The Balaban J connectivity index is 2.58. The predicted octanol–water partition coefficient (Wildman–Crippen LogP) is 1.16. The molecule has 0 spiro atoms. The van der Waals surface area contributed by atoms with Crippen molar-refractivity contribution in [2.75, 3.05) is 13.2 Å². The van der Waals surface area contributed by atoms with Gasteiger partial charge in [-0.1, -0.05) is 6.92 Å². The van der Waals surface area contributed by atoms with Crippen molar-refractivity contribution in [3.63, 3.8) is 0 Å². The van der Waals surface area contributed by atoms with Crippen molar-refractivity contribution >= 4 is 0 Å². The summed E-state index contributed by atoms with van der Waals surface area (Å²) in [5.41, 5.74) is 0. The monoisotopic (exact) mass is 241 g/mol. The van der Waals surface area contributed by atoms with Gasteiger partial charge in [0.05, 0.1) is 18.7 Å². The number of nitrogens with one attached hydrogen (secondary N) is 1. The van der Waals surface area contributed by atoms with Crippen LogP contribution in [0.15, 0.2) is 0 Å². The lowest BCUT2D eigenvalue weighted by molar-refractivity contribution is 0.0600. The first-order chi connectivity index (χ1) is 8.19. The molecule has 17 heavy (non-hydrogen) atoms. The minimum atomic E-state index is 0.126. The molecule has 0 saturated heterocycles. The highest BCUT2D eigenvalue weighted by Crippen LogP contribution is 2.08. The molecule has 0 bridgehead atoms. The number of nitrogens with zero attached hydrogens (tertiary/aromatic N) is 4. The average Bonchev–Trinajstić information content (AvgIpc) is 2.74. The van der Waals surface area contributed by atoms with Gasteiger partial charge in [0.2, 0.25) is 0 Å². The van der Waals surface area contributed by atoms with E-state index in [4.69, 9.17) is 4.74 Å². The zero-order valence-electron chi connectivity index (χ0n) is 11.2. The van der Waals surface area contributed by atoms with E-state index in [0.29, 0.717) is 13.2 Å². The van der Waals surface area contributed by atoms with Crippen molar-refractivity contribution in [1.29, 1.82) is 0 Å². The van der Waals surface area contributed by atoms with Gasteiger partial charge in [-0.15, -0.1) is 5.10 Å². The molecule has 1 N–H and O–H groups in total. The van der Waals surface area contributed by atoms with Gasteiger partial charge in [0.15, 0.2) is 5.82 Å². The number of rotatable bonds is 8. The van der Waals surface area contributed by atoms with Crippen molar-refractivity contribution in [2.24, 2.45) is 0 Å². The van der Waals surface area contributed by atoms with Crippen molar-refractivity contribution in [3.8, 4) is 0 Å². The number of hydrogen-bond donors (Lipinski definition) is 1. The highest BCUT2D eigenvalue weighted by Gasteiger charge is 2.15. The summed E-state index contributed by atoms with van der Waals surface area (Å²) in [5, 5.41) is 15.2. The molecule has 1 aromatic rings. The molecule has 2 unspecified atom stereocenters. The minimum absolute atomic E-state index is 0.126. The van der Waals surface area contributed by atoms with Crippen molar-refractivity contribution in [3.05, 3.63) is 5.82 Å². The molecule has 0 aromatic carbocycles. The summed E-state index contributed by atoms with van der Waals surface area (Å²) < 4.78 is 7.31. The first kappa shape index (κ1) is 14.1. The molecule has 0 aliphatic carbocycles. The van der Waals surface area contributed by atoms with Gasteiger partial charge in [-0.25, -0.2) is 4.68 Å². The molecular weight excluding hydrogens is 218 g/mol. The van der Waals surface area contributed by atoms with Crippen LogP contribution in [0.1, 0.15) is 46.0 Å². The van der Waals surface area contributed by atoms with Gasteiger partial charge in [0.25, 0.3) is 0 Å². The molecule has 1 heterocycles. The first-order valence-corrected chi connectivity index (χ1v) is 6.30. The maximum Gasteiger partial charge on any atom is 0.168 e. The Morgan fingerprint density at radius 1 is 1.35 bits per heavy atom. The summed E-state index contributed by atoms with van der Waals surface area (Å²) in [5.74, 6) is 0.866. The van der Waals surface area contributed by atoms with E-state index in [1.54, 1.807) is 0 Å². The van der Waals surface area contributed by atoms with Crippen LogP contribution in [0.4, 0.5) is 0 Å². The van der Waals surface area contributed by atoms with Gasteiger partial charge in [-0.2, -0.15) is 0 Å². The quantitative estimate of drug-likeness (QED) is 0.740. The third kappa shape index (κ3) is 4.40. The molecule has 6 nitrogen and oxygen atoms in total. The molecule has 0 radical (unpaired) electrons. The lowest BCUT2D eigenvalue weighted by Crippen LogP contribution is -2.26. The number of hydrogen-bond acceptors (Lipinski definition) is 5. The maximum atomic E-state index is 5.49. The lowest BCUT2D eigenvalue weighted by atomic mass is 10.3. The zero-order valence-corrected chi connectivity index (χ0v) is 11.2. The summed E-state index contributed by atoms with van der Waals surface area (Å²) in [6, 6.07) is 0.166. The Hall–Kier alpha value is -1.01. The van der Waals surface area contributed by atoms with E-state index in [0.717, 1.165) is 18.8 Å². The van der Waals surface area contributed by atoms with Gasteiger partial charge in [0.1, 0.15) is 0 Å². The van der Waals surface area contributed by atoms with Crippen molar-refractivity contribution < 1.29 is 4.74 Å². The minimum Gasteiger partial charge on any atom is -0.377 e. The maximum absolute atomic E-state index is 5.49. The Kier molecular flexibility index (Phi) is 6.07. The second-order valence-electron chi connectivity index (χ2n) is 4.16. The van der Waals surface area contributed by atoms with Crippen LogP contribution in [-0.4, -0.2) is 39.5 Å². The molecule has 0 aliphatic rings. The van der Waals surface area contributed by atoms with E-state index < -0.39 is 0 Å². The topological polar surface area (TPSA) is 64.9 Å². The van der Waals surface area contributed by atoms with Crippen LogP contribution in [0.25, 0.3) is 0 Å². The Morgan fingerprint density at radius 2 is 2.12 bits per heavy atom. The molecule has 0 fully saturated rings. The standard InChI is InChI=1S/C11H23N5O/c1-5-7-12-10(4)11-13-14-15-16(11)8-9(3)17-6-2/h9-10,12H,5-8H2,1-4H3. The average molecular weight is 241 g/mol. The third-order valence-electron chi connectivity index (χ3n) is 2.53. The van der Waals surface area contributed by atoms with Crippen LogP contribution in [0.5, 0.6) is 0 Å². The highest BCUT2D eigenvalue weighted by atomic mass is 16.5. The van der Waals surface area contributed by atoms with E-state index in [1.807, 2.05) is 18.5 Å². The molecule has 1 aromatic heterocycles. The third-order valence-corrected chi connectivity index (χ3v) is 2.53. The molecule has 0 amide bonds. The lowest BCUT2D eigenvalue weighted by Gasteiger charge is -2.15. The fourth-order valence-corrected chi connectivity index (χ4v) is 1.68. The SMILES string of the molecule is CCCNC(C)c1nnnn1CC(C)OCC. The Labute approximate surface area is 103 Å². The van der Waals surface area contributed by atoms with Crippen LogP contribution < -0.4 is 5.32 Å². The van der Waals surface area contributed by atoms with E-state index >= 15 is 0 Å². The van der Waals surface area contributed by atoms with Gasteiger partial charge < -0.3 is 10.1 Å². The summed E-state index contributed by atoms with van der Waals surface area (Å²) in [6.45, 7) is 10.6. The van der Waals surface area contributed by atoms with Crippen LogP contribution >= 0.6 is 0 Å². The second-order valence-corrected chi connectivity index (χ2v) is 4.16. The van der Waals surface area contributed by atoms with Crippen LogP contribution in [-0.2, 0) is 11.3 Å². The normalized spacial score (nSPS) is 14.8. The summed E-state index contributed by atoms with van der Waals surface area (Å²) in [7, 11) is 0. The summed E-state index contributed by atoms with van der Waals surface area (Å²) in [4.78, 5) is 0. The summed E-state index contributed by atoms with van der Waals surface area (Å²) in [6.07, 6.45) is 1.22. The fourth-order valence-electron chi connectivity index (χ4n) is 1.68. The van der Waals surface area contributed by atoms with Crippen LogP contribution in [0.3, 0.4) is 0 Å². The molecule has 0 saturated carbocycles. The fraction of sp³-hybridized carbons (Fsp3) is 0.909. The molecule has 98 valence electrons. The Bertz CT molecular complexity index is 315. The number of tetrazole rings is 1. The number of aromatic nitrogens is 4. The van der Waals surface area contributed by atoms with Crippen molar-refractivity contribution in [1.82, 2.24) is 25.5 Å². The highest BCUT2D eigenvalue weighted by molar-refractivity contribution is 4.89. The largest absolute Gasteiger partial charge is 0.377 e. The molecule has 6 heteroatoms. The van der Waals surface area contributed by atoms with Crippen molar-refractivity contribution in [2.45, 2.75) is 52.8 Å². The van der Waals surface area contributed by atoms with Gasteiger partial charge in [-0.05, 0) is 44.2 Å². The molecule has 0 aliphatic heterocycles. The predicted molar refractivity (Wildman–Crippen MR) is 65.6 cm³/mol. The van der Waals surface area contributed by atoms with E-state index in [9.17, 15) is 0 Å². The van der Waals surface area contributed by atoms with E-state index in [2.05, 4.69) is 34.7 Å². The smallest absolute Gasteiger partial charge is 0.168 e. The first-order valence-electron chi connectivity index (χ1n) is 6.30. The zero-order chi connectivity index (χ0) is 12.7.